The van der Waals surface area contributed by atoms with Crippen LogP contribution in [0.4, 0.5) is 10.7 Å². The summed E-state index contributed by atoms with van der Waals surface area (Å²) >= 11 is 0. The predicted molar refractivity (Wildman–Crippen MR) is 155 cm³/mol. The van der Waals surface area contributed by atoms with Gasteiger partial charge in [0.2, 0.25) is 18.3 Å². The molecule has 0 aromatic carbocycles. The molecule has 240 valence electrons. The summed E-state index contributed by atoms with van der Waals surface area (Å²) in [6, 6.07) is 0.830. The van der Waals surface area contributed by atoms with E-state index in [0.717, 1.165) is 0 Å². The summed E-state index contributed by atoms with van der Waals surface area (Å²) in [6.45, 7) is 7.78. The fourth-order valence-corrected chi connectivity index (χ4v) is 3.68. The number of methoxy groups -OCH3 is 1. The number of carbonyl (C=O) groups excluding carboxylic acids is 4. The highest BCUT2D eigenvalue weighted by atomic mass is 16.6. The maximum Gasteiger partial charge on any atom is 0.414 e. The number of aromatic amines is 1. The highest BCUT2D eigenvalue weighted by molar-refractivity contribution is 5.86. The molecule has 3 amide bonds. The van der Waals surface area contributed by atoms with Crippen LogP contribution in [0.25, 0.3) is 11.0 Å². The van der Waals surface area contributed by atoms with Crippen LogP contribution < -0.4 is 16.2 Å². The van der Waals surface area contributed by atoms with Crippen molar-refractivity contribution in [3.63, 3.8) is 0 Å². The van der Waals surface area contributed by atoms with Crippen LogP contribution in [0.5, 0.6) is 0 Å². The number of hydrogen-bond donors (Lipinski definition) is 3. The summed E-state index contributed by atoms with van der Waals surface area (Å²) < 4.78 is 27.6. The number of carbonyl (C=O) groups is 4. The first-order valence-electron chi connectivity index (χ1n) is 13.8. The van der Waals surface area contributed by atoms with Crippen LogP contribution >= 0.6 is 0 Å². The zero-order chi connectivity index (χ0) is 31.8. The van der Waals surface area contributed by atoms with Gasteiger partial charge in [-0.15, -0.1) is 0 Å². The van der Waals surface area contributed by atoms with E-state index in [2.05, 4.69) is 20.6 Å². The molecule has 0 spiro atoms. The lowest BCUT2D eigenvalue weighted by molar-refractivity contribution is -0.149. The molecule has 2 aromatic heterocycles. The fraction of sp³-hybridized carbons (Fsp3) is 0.630. The third kappa shape index (κ3) is 12.8. The number of H-pyrrole nitrogens is 1. The third-order valence-corrected chi connectivity index (χ3v) is 5.56. The first-order chi connectivity index (χ1) is 20.5. The van der Waals surface area contributed by atoms with E-state index in [-0.39, 0.29) is 56.4 Å². The number of anilines is 1. The highest BCUT2D eigenvalue weighted by Crippen LogP contribution is 2.13. The van der Waals surface area contributed by atoms with Crippen LogP contribution in [-0.2, 0) is 44.6 Å². The number of rotatable bonds is 19. The Bertz CT molecular complexity index is 1260. The number of esters is 1. The summed E-state index contributed by atoms with van der Waals surface area (Å²) in [5.74, 6) is -1.31. The van der Waals surface area contributed by atoms with E-state index in [4.69, 9.17) is 23.7 Å². The van der Waals surface area contributed by atoms with Crippen molar-refractivity contribution in [1.29, 1.82) is 0 Å². The van der Waals surface area contributed by atoms with Crippen LogP contribution in [-0.4, -0.2) is 115 Å². The zero-order valence-corrected chi connectivity index (χ0v) is 25.3. The van der Waals surface area contributed by atoms with Gasteiger partial charge in [0, 0.05) is 19.9 Å². The van der Waals surface area contributed by atoms with Gasteiger partial charge in [-0.3, -0.25) is 29.5 Å². The van der Waals surface area contributed by atoms with Crippen LogP contribution in [0.3, 0.4) is 0 Å². The second-order valence-electron chi connectivity index (χ2n) is 10.4. The van der Waals surface area contributed by atoms with Gasteiger partial charge in [-0.2, -0.15) is 4.98 Å². The minimum atomic E-state index is -0.821. The van der Waals surface area contributed by atoms with Crippen LogP contribution in [0.15, 0.2) is 17.1 Å². The third-order valence-electron chi connectivity index (χ3n) is 5.56. The molecule has 16 heteroatoms. The Kier molecular flexibility index (Phi) is 14.6. The molecule has 0 fully saturated rings. The van der Waals surface area contributed by atoms with E-state index in [0.29, 0.717) is 32.7 Å². The molecule has 16 nitrogen and oxygen atoms in total. The van der Waals surface area contributed by atoms with Crippen LogP contribution in [0.2, 0.25) is 0 Å². The standard InChI is InChI=1S/C27H42N6O10/c1-6-9-42-22(36)16-33(14-19(28-18-34)17-41-13-12-40-11-10-39-5)21(35)15-32-8-7-20-23(32)29-25(30-24(20)37)31-26(38)43-27(2,3)4/h7-8,18-19H,6,9-17H2,1-5H3,(H,28,34)(H2,29,30,31,37,38). The van der Waals surface area contributed by atoms with Gasteiger partial charge in [0.05, 0.1) is 51.1 Å². The first kappa shape index (κ1) is 35.2. The first-order valence-corrected chi connectivity index (χ1v) is 13.8. The molecule has 0 aliphatic carbocycles. The Morgan fingerprint density at radius 1 is 1.14 bits per heavy atom. The fourth-order valence-electron chi connectivity index (χ4n) is 3.68. The van der Waals surface area contributed by atoms with Gasteiger partial charge in [0.1, 0.15) is 24.3 Å². The molecule has 2 heterocycles. The zero-order valence-electron chi connectivity index (χ0n) is 25.3. The lowest BCUT2D eigenvalue weighted by Gasteiger charge is -2.27. The Morgan fingerprint density at radius 2 is 1.86 bits per heavy atom. The van der Waals surface area contributed by atoms with E-state index in [1.54, 1.807) is 27.9 Å². The van der Waals surface area contributed by atoms with Crippen molar-refractivity contribution in [2.45, 2.75) is 52.3 Å². The molecule has 0 bridgehead atoms. The van der Waals surface area contributed by atoms with Crippen LogP contribution in [0.1, 0.15) is 34.1 Å². The molecule has 0 aliphatic heterocycles. The van der Waals surface area contributed by atoms with Crippen LogP contribution in [0, 0.1) is 0 Å². The van der Waals surface area contributed by atoms with Gasteiger partial charge < -0.3 is 38.5 Å². The monoisotopic (exact) mass is 610 g/mol. The lowest BCUT2D eigenvalue weighted by atomic mass is 10.2. The van der Waals surface area contributed by atoms with Gasteiger partial charge in [-0.25, -0.2) is 4.79 Å². The molecule has 0 radical (unpaired) electrons. The number of nitrogens with zero attached hydrogens (tertiary/aromatic N) is 3. The molecule has 43 heavy (non-hydrogen) atoms. The van der Waals surface area contributed by atoms with Gasteiger partial charge >= 0.3 is 12.1 Å². The highest BCUT2D eigenvalue weighted by Gasteiger charge is 2.24. The average molecular weight is 611 g/mol. The summed E-state index contributed by atoms with van der Waals surface area (Å²) in [5, 5.41) is 5.16. The van der Waals surface area contributed by atoms with E-state index in [9.17, 15) is 24.0 Å². The summed E-state index contributed by atoms with van der Waals surface area (Å²) in [4.78, 5) is 70.0. The number of hydrogen-bond acceptors (Lipinski definition) is 11. The van der Waals surface area contributed by atoms with Crippen molar-refractivity contribution < 1.29 is 42.9 Å². The second-order valence-corrected chi connectivity index (χ2v) is 10.4. The van der Waals surface area contributed by atoms with E-state index >= 15 is 0 Å². The number of nitrogens with one attached hydrogen (secondary N) is 3. The van der Waals surface area contributed by atoms with Gasteiger partial charge in [0.25, 0.3) is 5.56 Å². The Morgan fingerprint density at radius 3 is 2.53 bits per heavy atom. The van der Waals surface area contributed by atoms with Crippen molar-refractivity contribution in [2.24, 2.45) is 0 Å². The van der Waals surface area contributed by atoms with Crippen molar-refractivity contribution in [2.75, 3.05) is 65.2 Å². The maximum absolute atomic E-state index is 13.5. The number of fused-ring (bicyclic) bond motifs is 1. The van der Waals surface area contributed by atoms with E-state index in [1.165, 1.54) is 21.7 Å². The molecular weight excluding hydrogens is 568 g/mol. The molecular formula is C27H42N6O10. The lowest BCUT2D eigenvalue weighted by Crippen LogP contribution is -2.48. The summed E-state index contributed by atoms with van der Waals surface area (Å²) in [5.41, 5.74) is -1.20. The number of ether oxygens (including phenoxy) is 5. The number of amides is 3. The maximum atomic E-state index is 13.5. The molecule has 1 unspecified atom stereocenters. The molecule has 0 aliphatic rings. The Labute approximate surface area is 249 Å². The molecule has 0 saturated carbocycles. The molecule has 2 rings (SSSR count). The van der Waals surface area contributed by atoms with E-state index in [1.807, 2.05) is 6.92 Å². The Balaban J connectivity index is 2.20. The van der Waals surface area contributed by atoms with Gasteiger partial charge in [-0.1, -0.05) is 6.92 Å². The van der Waals surface area contributed by atoms with Crippen molar-refractivity contribution in [1.82, 2.24) is 24.8 Å². The van der Waals surface area contributed by atoms with Crippen molar-refractivity contribution in [3.05, 3.63) is 22.6 Å². The predicted octanol–water partition coefficient (Wildman–Crippen LogP) is 0.648. The quantitative estimate of drug-likeness (QED) is 0.115. The smallest absolute Gasteiger partial charge is 0.414 e. The average Bonchev–Trinajstić information content (AvgIpc) is 3.32. The summed E-state index contributed by atoms with van der Waals surface area (Å²) in [7, 11) is 1.57. The molecule has 3 N–H and O–H groups in total. The largest absolute Gasteiger partial charge is 0.464 e. The Hall–Kier alpha value is -4.02. The molecule has 2 aromatic rings. The van der Waals surface area contributed by atoms with Crippen molar-refractivity contribution in [3.8, 4) is 0 Å². The topological polar surface area (TPSA) is 192 Å². The minimum absolute atomic E-state index is 0.0449. The van der Waals surface area contributed by atoms with Gasteiger partial charge in [0.15, 0.2) is 0 Å². The molecule has 1 atom stereocenters. The SMILES string of the molecule is CCCOC(=O)CN(CC(COCCOCCOC)NC=O)C(=O)Cn1ccc2c(=O)[nH]c(NC(=O)OC(C)(C)C)nc21. The second kappa shape index (κ2) is 17.8. The normalized spacial score (nSPS) is 12.0. The summed E-state index contributed by atoms with van der Waals surface area (Å²) in [6.07, 6.45) is 1.75. The minimum Gasteiger partial charge on any atom is -0.464 e. The molecule has 0 saturated heterocycles. The number of aromatic nitrogens is 3. The van der Waals surface area contributed by atoms with Crippen molar-refractivity contribution >= 4 is 41.4 Å². The van der Waals surface area contributed by atoms with E-state index < -0.39 is 35.2 Å². The van der Waals surface area contributed by atoms with Gasteiger partial charge in [-0.05, 0) is 33.3 Å².